The number of carbonyl (C=O) groups excluding carboxylic acids is 1. The van der Waals surface area contributed by atoms with E-state index in [1.807, 2.05) is 5.32 Å². The smallest absolute Gasteiger partial charge is 0.382 e. The van der Waals surface area contributed by atoms with Gasteiger partial charge in [0.05, 0.1) is 12.1 Å². The normalized spacial score (nSPS) is 13.1. The number of nitrogens with one attached hydrogen (secondary N) is 2. The van der Waals surface area contributed by atoms with Gasteiger partial charge in [0.25, 0.3) is 5.91 Å². The highest BCUT2D eigenvalue weighted by molar-refractivity contribution is 7.98. The van der Waals surface area contributed by atoms with E-state index < -0.39 is 30.4 Å². The molecule has 1 rings (SSSR count). The van der Waals surface area contributed by atoms with Crippen molar-refractivity contribution in [2.24, 2.45) is 0 Å². The van der Waals surface area contributed by atoms with Gasteiger partial charge in [-0.1, -0.05) is 0 Å². The lowest BCUT2D eigenvalue weighted by molar-refractivity contribution is -0.201. The van der Waals surface area contributed by atoms with E-state index in [1.165, 1.54) is 6.92 Å². The average molecular weight is 311 g/mol. The van der Waals surface area contributed by atoms with Crippen LogP contribution in [0.3, 0.4) is 0 Å². The fraction of sp³-hybridized carbons (Fsp3) is 0.500. The minimum Gasteiger partial charge on any atom is -0.382 e. The minimum absolute atomic E-state index is 0.0218. The molecule has 0 fully saturated rings. The van der Waals surface area contributed by atoms with Crippen LogP contribution in [0.5, 0.6) is 0 Å². The lowest BCUT2D eigenvalue weighted by Gasteiger charge is -2.16. The molecule has 0 aliphatic carbocycles. The molecule has 1 atom stereocenters. The molecule has 3 N–H and O–H groups in total. The second-order valence-electron chi connectivity index (χ2n) is 3.82. The first-order chi connectivity index (χ1) is 9.16. The van der Waals surface area contributed by atoms with E-state index in [4.69, 9.17) is 5.11 Å². The Morgan fingerprint density at radius 1 is 1.55 bits per heavy atom. The molecule has 1 unspecified atom stereocenters. The summed E-state index contributed by atoms with van der Waals surface area (Å²) in [5, 5.41) is 10.9. The molecule has 0 aliphatic rings. The Balaban J connectivity index is 2.91. The molecule has 0 spiro atoms. The molecule has 20 heavy (non-hydrogen) atoms. The molecule has 0 radical (unpaired) electrons. The largest absolute Gasteiger partial charge is 0.416 e. The molecule has 1 amide bonds. The summed E-state index contributed by atoms with van der Waals surface area (Å²) in [7, 11) is 0. The van der Waals surface area contributed by atoms with Crippen LogP contribution in [0.4, 0.5) is 13.2 Å². The quantitative estimate of drug-likeness (QED) is 0.554. The number of carbonyl (C=O) groups is 1. The predicted octanol–water partition coefficient (Wildman–Crippen LogP) is 0.453. The highest BCUT2D eigenvalue weighted by Gasteiger charge is 2.38. The summed E-state index contributed by atoms with van der Waals surface area (Å²) in [5.41, 5.74) is -0.487. The number of aliphatic hydroxyl groups excluding tert-OH is 1. The molecular weight excluding hydrogens is 299 g/mol. The molecule has 0 aliphatic heterocycles. The number of hydrogen-bond donors (Lipinski definition) is 3. The second-order valence-corrected chi connectivity index (χ2v) is 4.61. The van der Waals surface area contributed by atoms with Gasteiger partial charge in [-0.3, -0.25) is 4.79 Å². The van der Waals surface area contributed by atoms with E-state index in [9.17, 15) is 22.8 Å². The predicted molar refractivity (Wildman–Crippen MR) is 65.8 cm³/mol. The van der Waals surface area contributed by atoms with Crippen molar-refractivity contribution in [1.29, 1.82) is 0 Å². The van der Waals surface area contributed by atoms with Gasteiger partial charge in [-0.15, -0.1) is 11.8 Å². The van der Waals surface area contributed by atoms with Crippen molar-refractivity contribution in [2.75, 3.05) is 12.8 Å². The Morgan fingerprint density at radius 3 is 2.65 bits per heavy atom. The molecule has 0 bridgehead atoms. The van der Waals surface area contributed by atoms with Crippen molar-refractivity contribution < 1.29 is 23.1 Å². The molecule has 0 saturated heterocycles. The molecular formula is C10H12F3N3O3S. The number of alkyl halides is 3. The lowest BCUT2D eigenvalue weighted by atomic mass is 10.2. The minimum atomic E-state index is -4.81. The first kappa shape index (κ1) is 16.5. The number of aromatic amines is 1. The Bertz CT molecular complexity index is 559. The number of aromatic nitrogens is 2. The van der Waals surface area contributed by atoms with E-state index in [2.05, 4.69) is 9.97 Å². The van der Waals surface area contributed by atoms with Crippen LogP contribution >= 0.6 is 11.8 Å². The van der Waals surface area contributed by atoms with Gasteiger partial charge in [-0.2, -0.15) is 18.2 Å². The molecule has 112 valence electrons. The number of thioether (sulfide) groups is 1. The summed E-state index contributed by atoms with van der Waals surface area (Å²) >= 11 is 1.02. The molecule has 1 heterocycles. The van der Waals surface area contributed by atoms with Crippen LogP contribution in [0.1, 0.15) is 16.1 Å². The fourth-order valence-corrected chi connectivity index (χ4v) is 1.99. The van der Waals surface area contributed by atoms with Gasteiger partial charge in [0.15, 0.2) is 6.10 Å². The zero-order chi connectivity index (χ0) is 15.5. The maximum atomic E-state index is 12.1. The topological polar surface area (TPSA) is 95.1 Å². The summed E-state index contributed by atoms with van der Waals surface area (Å²) in [6.07, 6.45) is -5.89. The number of H-pyrrole nitrogens is 1. The SMILES string of the molecule is CSc1nc(=O)[nH]c(C)c1C(=O)NCC(O)C(F)(F)F. The van der Waals surface area contributed by atoms with E-state index >= 15 is 0 Å². The summed E-state index contributed by atoms with van der Waals surface area (Å²) in [6.45, 7) is 0.451. The fourth-order valence-electron chi connectivity index (χ4n) is 1.37. The number of hydrogen-bond acceptors (Lipinski definition) is 5. The lowest BCUT2D eigenvalue weighted by Crippen LogP contribution is -2.41. The Morgan fingerprint density at radius 2 is 2.15 bits per heavy atom. The van der Waals surface area contributed by atoms with Crippen LogP contribution in [0.2, 0.25) is 0 Å². The van der Waals surface area contributed by atoms with E-state index in [0.29, 0.717) is 0 Å². The van der Waals surface area contributed by atoms with Gasteiger partial charge in [0, 0.05) is 5.69 Å². The third-order valence-corrected chi connectivity index (χ3v) is 3.02. The third kappa shape index (κ3) is 3.97. The van der Waals surface area contributed by atoms with Gasteiger partial charge >= 0.3 is 11.9 Å². The molecule has 10 heteroatoms. The van der Waals surface area contributed by atoms with Crippen molar-refractivity contribution in [3.63, 3.8) is 0 Å². The second kappa shape index (κ2) is 6.27. The van der Waals surface area contributed by atoms with Gasteiger partial charge in [0.2, 0.25) is 0 Å². The number of nitrogens with zero attached hydrogens (tertiary/aromatic N) is 1. The van der Waals surface area contributed by atoms with Gasteiger partial charge in [0.1, 0.15) is 5.03 Å². The van der Waals surface area contributed by atoms with Crippen molar-refractivity contribution in [3.8, 4) is 0 Å². The number of rotatable bonds is 4. The summed E-state index contributed by atoms with van der Waals surface area (Å²) in [6, 6.07) is 0. The van der Waals surface area contributed by atoms with Crippen LogP contribution in [-0.4, -0.2) is 46.1 Å². The van der Waals surface area contributed by atoms with E-state index in [1.54, 1.807) is 6.26 Å². The van der Waals surface area contributed by atoms with Gasteiger partial charge in [-0.25, -0.2) is 4.79 Å². The van der Waals surface area contributed by atoms with Gasteiger partial charge < -0.3 is 15.4 Å². The standard InChI is InChI=1S/C10H12F3N3O3S/c1-4-6(8(20-2)16-9(19)15-4)7(18)14-3-5(17)10(11,12)13/h5,17H,3H2,1-2H3,(H,14,18)(H,15,16,19). The third-order valence-electron chi connectivity index (χ3n) is 2.34. The number of aryl methyl sites for hydroxylation is 1. The Labute approximate surface area is 115 Å². The van der Waals surface area contributed by atoms with Crippen LogP contribution in [0.25, 0.3) is 0 Å². The monoisotopic (exact) mass is 311 g/mol. The first-order valence-electron chi connectivity index (χ1n) is 5.34. The van der Waals surface area contributed by atoms with Gasteiger partial charge in [-0.05, 0) is 13.2 Å². The Hall–Kier alpha value is -1.55. The van der Waals surface area contributed by atoms with Crippen LogP contribution in [-0.2, 0) is 0 Å². The van der Waals surface area contributed by atoms with Crippen molar-refractivity contribution in [2.45, 2.75) is 24.2 Å². The van der Waals surface area contributed by atoms with Crippen molar-refractivity contribution in [3.05, 3.63) is 21.7 Å². The van der Waals surface area contributed by atoms with Crippen molar-refractivity contribution >= 4 is 17.7 Å². The maximum Gasteiger partial charge on any atom is 0.416 e. The summed E-state index contributed by atoms with van der Waals surface area (Å²) < 4.78 is 36.3. The number of halogens is 3. The maximum absolute atomic E-state index is 12.1. The zero-order valence-corrected chi connectivity index (χ0v) is 11.4. The number of amides is 1. The molecule has 6 nitrogen and oxygen atoms in total. The molecule has 1 aromatic rings. The van der Waals surface area contributed by atoms with Crippen LogP contribution in [0.15, 0.2) is 9.82 Å². The summed E-state index contributed by atoms with van der Waals surface area (Å²) in [4.78, 5) is 28.8. The molecule has 0 aromatic carbocycles. The number of aliphatic hydroxyl groups is 1. The van der Waals surface area contributed by atoms with E-state index in [-0.39, 0.29) is 16.3 Å². The molecule has 1 aromatic heterocycles. The van der Waals surface area contributed by atoms with Crippen LogP contribution < -0.4 is 11.0 Å². The van der Waals surface area contributed by atoms with Crippen molar-refractivity contribution in [1.82, 2.24) is 15.3 Å². The van der Waals surface area contributed by atoms with E-state index in [0.717, 1.165) is 11.8 Å². The highest BCUT2D eigenvalue weighted by Crippen LogP contribution is 2.20. The average Bonchev–Trinajstić information content (AvgIpc) is 2.33. The first-order valence-corrected chi connectivity index (χ1v) is 6.57. The highest BCUT2D eigenvalue weighted by atomic mass is 32.2. The molecule has 0 saturated carbocycles. The Kier molecular flexibility index (Phi) is 5.17. The van der Waals surface area contributed by atoms with Crippen LogP contribution in [0, 0.1) is 6.92 Å². The zero-order valence-electron chi connectivity index (χ0n) is 10.5. The summed E-state index contributed by atoms with van der Waals surface area (Å²) in [5.74, 6) is -0.848.